The van der Waals surface area contributed by atoms with E-state index in [4.69, 9.17) is 0 Å². The van der Waals surface area contributed by atoms with Gasteiger partial charge in [-0.2, -0.15) is 0 Å². The average molecular weight is 475 g/mol. The van der Waals surface area contributed by atoms with Crippen molar-refractivity contribution < 1.29 is 4.57 Å². The highest BCUT2D eigenvalue weighted by atomic mass is 28.3. The lowest BCUT2D eigenvalue weighted by Gasteiger charge is -2.43. The molecule has 0 atom stereocenters. The van der Waals surface area contributed by atoms with E-state index in [0.29, 0.717) is 28.5 Å². The van der Waals surface area contributed by atoms with Crippen molar-refractivity contribution in [2.45, 2.75) is 105 Å². The number of hydrogen-bond donors (Lipinski definition) is 0. The molecule has 0 unspecified atom stereocenters. The molecule has 0 N–H and O–H groups in total. The second-order valence-corrected chi connectivity index (χ2v) is 18.0. The van der Waals surface area contributed by atoms with Gasteiger partial charge in [-0.3, -0.25) is 0 Å². The zero-order valence-corrected chi connectivity index (χ0v) is 24.9. The fourth-order valence-corrected chi connectivity index (χ4v) is 13.7. The molecule has 0 saturated carbocycles. The third-order valence-electron chi connectivity index (χ3n) is 8.52. The van der Waals surface area contributed by atoms with Gasteiger partial charge in [0.2, 0.25) is 5.69 Å². The summed E-state index contributed by atoms with van der Waals surface area (Å²) in [6, 6.07) is 14.7. The Morgan fingerprint density at radius 2 is 1.29 bits per heavy atom. The quantitative estimate of drug-likeness (QED) is 0.238. The molecule has 0 amide bonds. The summed E-state index contributed by atoms with van der Waals surface area (Å²) in [5.74, 6) is 1.03. The molecular weight excluding hydrogens is 426 g/mol. The molecule has 3 aromatic rings. The van der Waals surface area contributed by atoms with E-state index in [-0.39, 0.29) is 0 Å². The molecule has 1 heterocycles. The lowest BCUT2D eigenvalue weighted by Crippen LogP contribution is -2.55. The second kappa shape index (κ2) is 9.97. The Morgan fingerprint density at radius 3 is 1.79 bits per heavy atom. The Labute approximate surface area is 210 Å². The standard InChI is InChI=1S/C32H48NSi/c1-20(2)27-18-30(21(3)4)25(11)31(19-27)32-29-14-13-28(17-26(29)15-16-33(32)12)34(22(5)6,23(7)8)24(9)10/h13-24H,1-12H3/q+1. The number of aromatic nitrogens is 1. The number of pyridine rings is 1. The van der Waals surface area contributed by atoms with Crippen molar-refractivity contribution in [1.29, 1.82) is 0 Å². The van der Waals surface area contributed by atoms with Crippen molar-refractivity contribution in [3.8, 4) is 11.3 Å². The minimum Gasteiger partial charge on any atom is -0.200 e. The van der Waals surface area contributed by atoms with Crippen LogP contribution >= 0.6 is 0 Å². The van der Waals surface area contributed by atoms with Crippen LogP contribution in [-0.4, -0.2) is 8.07 Å². The van der Waals surface area contributed by atoms with Gasteiger partial charge in [-0.25, -0.2) is 4.57 Å². The third-order valence-corrected chi connectivity index (χ3v) is 15.6. The lowest BCUT2D eigenvalue weighted by molar-refractivity contribution is -0.659. The molecule has 0 aliphatic rings. The molecule has 0 saturated heterocycles. The monoisotopic (exact) mass is 474 g/mol. The van der Waals surface area contributed by atoms with Crippen LogP contribution in [0.15, 0.2) is 42.6 Å². The summed E-state index contributed by atoms with van der Waals surface area (Å²) in [4.78, 5) is 0. The summed E-state index contributed by atoms with van der Waals surface area (Å²) in [5.41, 5.74) is 9.19. The van der Waals surface area contributed by atoms with Crippen LogP contribution in [0.5, 0.6) is 0 Å². The molecular formula is C32H48NSi+. The number of aryl methyl sites for hydroxylation is 1. The first-order chi connectivity index (χ1) is 15.8. The molecule has 0 spiro atoms. The molecule has 0 bridgehead atoms. The van der Waals surface area contributed by atoms with Gasteiger partial charge >= 0.3 is 0 Å². The molecule has 3 rings (SSSR count). The van der Waals surface area contributed by atoms with Crippen LogP contribution in [0.4, 0.5) is 0 Å². The van der Waals surface area contributed by atoms with E-state index >= 15 is 0 Å². The van der Waals surface area contributed by atoms with E-state index in [9.17, 15) is 0 Å². The maximum Gasteiger partial charge on any atom is 0.220 e. The van der Waals surface area contributed by atoms with Crippen molar-refractivity contribution in [3.05, 3.63) is 59.3 Å². The van der Waals surface area contributed by atoms with Crippen molar-refractivity contribution in [2.24, 2.45) is 7.05 Å². The van der Waals surface area contributed by atoms with Crippen LogP contribution in [0.25, 0.3) is 22.0 Å². The molecule has 34 heavy (non-hydrogen) atoms. The second-order valence-electron chi connectivity index (χ2n) is 12.1. The maximum absolute atomic E-state index is 2.55. The van der Waals surface area contributed by atoms with Gasteiger partial charge in [0, 0.05) is 6.07 Å². The molecule has 0 radical (unpaired) electrons. The molecule has 0 aliphatic heterocycles. The average Bonchev–Trinajstić information content (AvgIpc) is 2.73. The summed E-state index contributed by atoms with van der Waals surface area (Å²) in [6.07, 6.45) is 2.27. The lowest BCUT2D eigenvalue weighted by atomic mass is 9.86. The molecule has 0 aliphatic carbocycles. The van der Waals surface area contributed by atoms with Crippen LogP contribution < -0.4 is 9.75 Å². The number of nitrogens with zero attached hydrogens (tertiary/aromatic N) is 1. The van der Waals surface area contributed by atoms with Crippen LogP contribution in [0.1, 0.15) is 97.8 Å². The van der Waals surface area contributed by atoms with E-state index in [0.717, 1.165) is 0 Å². The first kappa shape index (κ1) is 26.7. The number of rotatable bonds is 7. The zero-order chi connectivity index (χ0) is 25.5. The van der Waals surface area contributed by atoms with Gasteiger partial charge in [-0.1, -0.05) is 92.6 Å². The Balaban J connectivity index is 2.36. The first-order valence-corrected chi connectivity index (χ1v) is 15.6. The smallest absolute Gasteiger partial charge is 0.200 e. The van der Waals surface area contributed by atoms with Gasteiger partial charge in [-0.15, -0.1) is 0 Å². The highest BCUT2D eigenvalue weighted by Gasteiger charge is 2.44. The minimum absolute atomic E-state index is 0.512. The Kier molecular flexibility index (Phi) is 7.82. The molecule has 184 valence electrons. The topological polar surface area (TPSA) is 3.88 Å². The van der Waals surface area contributed by atoms with Crippen LogP contribution in [-0.2, 0) is 7.05 Å². The van der Waals surface area contributed by atoms with Crippen molar-refractivity contribution in [1.82, 2.24) is 0 Å². The van der Waals surface area contributed by atoms with Crippen LogP contribution in [0.3, 0.4) is 0 Å². The minimum atomic E-state index is -1.70. The van der Waals surface area contributed by atoms with Crippen molar-refractivity contribution in [2.75, 3.05) is 0 Å². The predicted molar refractivity (Wildman–Crippen MR) is 154 cm³/mol. The van der Waals surface area contributed by atoms with Crippen molar-refractivity contribution >= 4 is 24.0 Å². The van der Waals surface area contributed by atoms with Crippen LogP contribution in [0.2, 0.25) is 16.6 Å². The number of fused-ring (bicyclic) bond motifs is 1. The summed E-state index contributed by atoms with van der Waals surface area (Å²) in [7, 11) is 0.506. The van der Waals surface area contributed by atoms with Gasteiger partial charge in [-0.05, 0) is 69.6 Å². The highest BCUT2D eigenvalue weighted by molar-refractivity contribution is 6.95. The molecule has 1 nitrogen and oxygen atoms in total. The summed E-state index contributed by atoms with van der Waals surface area (Å²) in [6.45, 7) is 26.3. The fraction of sp³-hybridized carbons (Fsp3) is 0.531. The largest absolute Gasteiger partial charge is 0.220 e. The van der Waals surface area contributed by atoms with E-state index in [1.807, 2.05) is 0 Å². The zero-order valence-electron chi connectivity index (χ0n) is 23.9. The predicted octanol–water partition coefficient (Wildman–Crippen LogP) is 8.77. The maximum atomic E-state index is 2.55. The Morgan fingerprint density at radius 1 is 0.706 bits per heavy atom. The summed E-state index contributed by atoms with van der Waals surface area (Å²) >= 11 is 0. The van der Waals surface area contributed by atoms with Gasteiger partial charge < -0.3 is 0 Å². The number of hydrogen-bond acceptors (Lipinski definition) is 0. The molecule has 2 aromatic carbocycles. The van der Waals surface area contributed by atoms with Gasteiger partial charge in [0.1, 0.15) is 7.05 Å². The number of benzene rings is 2. The third kappa shape index (κ3) is 4.39. The summed E-state index contributed by atoms with van der Waals surface area (Å²) in [5, 5.41) is 4.37. The van der Waals surface area contributed by atoms with Crippen LogP contribution in [0, 0.1) is 6.92 Å². The van der Waals surface area contributed by atoms with E-state index in [2.05, 4.69) is 130 Å². The molecule has 2 heteroatoms. The van der Waals surface area contributed by atoms with E-state index in [1.54, 1.807) is 5.19 Å². The van der Waals surface area contributed by atoms with Gasteiger partial charge in [0.25, 0.3) is 0 Å². The van der Waals surface area contributed by atoms with E-state index in [1.165, 1.54) is 38.7 Å². The Bertz CT molecular complexity index is 1150. The highest BCUT2D eigenvalue weighted by Crippen LogP contribution is 2.42. The first-order valence-electron chi connectivity index (χ1n) is 13.4. The van der Waals surface area contributed by atoms with E-state index < -0.39 is 8.07 Å². The summed E-state index contributed by atoms with van der Waals surface area (Å²) < 4.78 is 2.33. The molecule has 1 aromatic heterocycles. The normalized spacial score (nSPS) is 12.9. The van der Waals surface area contributed by atoms with Crippen molar-refractivity contribution in [3.63, 3.8) is 0 Å². The fourth-order valence-electron chi connectivity index (χ4n) is 6.92. The molecule has 0 fully saturated rings. The van der Waals surface area contributed by atoms with Gasteiger partial charge in [0.15, 0.2) is 6.20 Å². The van der Waals surface area contributed by atoms with Gasteiger partial charge in [0.05, 0.1) is 19.0 Å². The SMILES string of the molecule is Cc1c(-c2c3ccc([Si](C(C)C)(C(C)C)C(C)C)cc3cc[n+]2C)cc(C(C)C)cc1C(C)C. The Hall–Kier alpha value is -1.93.